The number of ether oxygens (including phenoxy) is 1. The van der Waals surface area contributed by atoms with Gasteiger partial charge in [-0.05, 0) is 42.7 Å². The van der Waals surface area contributed by atoms with Crippen molar-refractivity contribution in [2.45, 2.75) is 65.5 Å². The Labute approximate surface area is 189 Å². The second kappa shape index (κ2) is 13.5. The number of carbonyl (C=O) groups is 1. The third kappa shape index (κ3) is 8.89. The number of halogens is 1. The SMILES string of the molecule is CC(C)CC(CC(C)C)NCC(C)OC(=O)C(c1ccccc1)c1ccccc1.Cl. The Balaban J connectivity index is 0.00000450. The summed E-state index contributed by atoms with van der Waals surface area (Å²) in [4.78, 5) is 13.1. The van der Waals surface area contributed by atoms with Crippen LogP contribution in [0.2, 0.25) is 0 Å². The van der Waals surface area contributed by atoms with Crippen molar-refractivity contribution < 1.29 is 9.53 Å². The van der Waals surface area contributed by atoms with Gasteiger partial charge in [-0.25, -0.2) is 0 Å². The Kier molecular flexibility index (Phi) is 11.8. The van der Waals surface area contributed by atoms with Crippen molar-refractivity contribution in [2.24, 2.45) is 11.8 Å². The van der Waals surface area contributed by atoms with E-state index in [0.717, 1.165) is 24.0 Å². The molecule has 0 fully saturated rings. The quantitative estimate of drug-likeness (QED) is 0.429. The topological polar surface area (TPSA) is 38.3 Å². The van der Waals surface area contributed by atoms with Crippen LogP contribution in [-0.4, -0.2) is 24.7 Å². The van der Waals surface area contributed by atoms with Gasteiger partial charge in [0.1, 0.15) is 12.0 Å². The maximum atomic E-state index is 13.1. The summed E-state index contributed by atoms with van der Waals surface area (Å²) in [5, 5.41) is 3.63. The molecule has 1 atom stereocenters. The van der Waals surface area contributed by atoms with Gasteiger partial charge in [-0.15, -0.1) is 12.4 Å². The molecule has 0 saturated heterocycles. The lowest BCUT2D eigenvalue weighted by Crippen LogP contribution is -2.38. The Hall–Kier alpha value is -1.84. The summed E-state index contributed by atoms with van der Waals surface area (Å²) in [5.74, 6) is 0.692. The van der Waals surface area contributed by atoms with Crippen LogP contribution in [0.25, 0.3) is 0 Å². The molecule has 0 amide bonds. The van der Waals surface area contributed by atoms with Crippen LogP contribution in [0.3, 0.4) is 0 Å². The minimum absolute atomic E-state index is 0. The second-order valence-electron chi connectivity index (χ2n) is 8.87. The zero-order valence-electron chi connectivity index (χ0n) is 19.0. The fourth-order valence-corrected chi connectivity index (χ4v) is 3.80. The lowest BCUT2D eigenvalue weighted by atomic mass is 9.91. The van der Waals surface area contributed by atoms with Crippen LogP contribution in [0, 0.1) is 11.8 Å². The molecule has 0 aliphatic heterocycles. The standard InChI is InChI=1S/C26H37NO2.ClH/c1-19(2)16-24(17-20(3)4)27-18-21(5)29-26(28)25(22-12-8-6-9-13-22)23-14-10-7-11-15-23;/h6-15,19-21,24-25,27H,16-18H2,1-5H3;1H. The highest BCUT2D eigenvalue weighted by atomic mass is 35.5. The largest absolute Gasteiger partial charge is 0.461 e. The molecule has 2 rings (SSSR count). The number of nitrogens with one attached hydrogen (secondary N) is 1. The van der Waals surface area contributed by atoms with Crippen molar-refractivity contribution in [3.63, 3.8) is 0 Å². The summed E-state index contributed by atoms with van der Waals surface area (Å²) in [6.45, 7) is 11.7. The van der Waals surface area contributed by atoms with Crippen LogP contribution >= 0.6 is 12.4 Å². The van der Waals surface area contributed by atoms with E-state index in [1.165, 1.54) is 0 Å². The van der Waals surface area contributed by atoms with E-state index < -0.39 is 5.92 Å². The third-order valence-electron chi connectivity index (χ3n) is 5.02. The molecule has 0 spiro atoms. The summed E-state index contributed by atoms with van der Waals surface area (Å²) in [6, 6.07) is 20.2. The van der Waals surface area contributed by atoms with E-state index in [2.05, 4.69) is 33.0 Å². The Morgan fingerprint density at radius 1 is 0.800 bits per heavy atom. The van der Waals surface area contributed by atoms with Crippen LogP contribution in [0.5, 0.6) is 0 Å². The van der Waals surface area contributed by atoms with Crippen LogP contribution in [0.1, 0.15) is 64.5 Å². The van der Waals surface area contributed by atoms with E-state index in [-0.39, 0.29) is 24.5 Å². The fourth-order valence-electron chi connectivity index (χ4n) is 3.80. The molecule has 0 aromatic heterocycles. The highest BCUT2D eigenvalue weighted by molar-refractivity contribution is 5.85. The Morgan fingerprint density at radius 3 is 1.63 bits per heavy atom. The lowest BCUT2D eigenvalue weighted by molar-refractivity contribution is -0.148. The van der Waals surface area contributed by atoms with E-state index in [9.17, 15) is 4.79 Å². The number of hydrogen-bond donors (Lipinski definition) is 1. The molecule has 4 heteroatoms. The highest BCUT2D eigenvalue weighted by Crippen LogP contribution is 2.26. The lowest BCUT2D eigenvalue weighted by Gasteiger charge is -2.25. The first kappa shape index (κ1) is 26.2. The number of benzene rings is 2. The average Bonchev–Trinajstić information content (AvgIpc) is 2.67. The first-order valence-electron chi connectivity index (χ1n) is 10.9. The number of rotatable bonds is 11. The first-order valence-corrected chi connectivity index (χ1v) is 10.9. The van der Waals surface area contributed by atoms with Gasteiger partial charge in [-0.3, -0.25) is 4.79 Å². The normalized spacial score (nSPS) is 12.3. The van der Waals surface area contributed by atoms with Gasteiger partial charge >= 0.3 is 5.97 Å². The number of hydrogen-bond acceptors (Lipinski definition) is 3. The molecule has 3 nitrogen and oxygen atoms in total. The monoisotopic (exact) mass is 431 g/mol. The number of carbonyl (C=O) groups excluding carboxylic acids is 1. The van der Waals surface area contributed by atoms with Gasteiger partial charge in [0, 0.05) is 12.6 Å². The van der Waals surface area contributed by atoms with Crippen molar-refractivity contribution in [1.29, 1.82) is 0 Å². The molecule has 2 aromatic carbocycles. The van der Waals surface area contributed by atoms with Crippen LogP contribution in [0.15, 0.2) is 60.7 Å². The van der Waals surface area contributed by atoms with Gasteiger partial charge in [0.2, 0.25) is 0 Å². The minimum atomic E-state index is -0.401. The molecule has 1 N–H and O–H groups in total. The molecule has 0 bridgehead atoms. The molecule has 1 unspecified atom stereocenters. The average molecular weight is 432 g/mol. The van der Waals surface area contributed by atoms with Crippen molar-refractivity contribution in [3.05, 3.63) is 71.8 Å². The van der Waals surface area contributed by atoms with E-state index in [1.807, 2.05) is 67.6 Å². The number of esters is 1. The predicted octanol–water partition coefficient (Wildman–Crippen LogP) is 6.22. The zero-order chi connectivity index (χ0) is 21.2. The van der Waals surface area contributed by atoms with Gasteiger partial charge < -0.3 is 10.1 Å². The molecule has 0 aliphatic rings. The summed E-state index contributed by atoms with van der Waals surface area (Å²) in [6.07, 6.45) is 2.09. The van der Waals surface area contributed by atoms with E-state index in [1.54, 1.807) is 0 Å². The molecule has 2 aromatic rings. The highest BCUT2D eigenvalue weighted by Gasteiger charge is 2.26. The van der Waals surface area contributed by atoms with E-state index >= 15 is 0 Å². The zero-order valence-corrected chi connectivity index (χ0v) is 19.8. The summed E-state index contributed by atoms with van der Waals surface area (Å²) in [5.41, 5.74) is 1.92. The van der Waals surface area contributed by atoms with Gasteiger partial charge in [0.25, 0.3) is 0 Å². The van der Waals surface area contributed by atoms with Gasteiger partial charge in [-0.1, -0.05) is 88.4 Å². The van der Waals surface area contributed by atoms with Crippen molar-refractivity contribution in [3.8, 4) is 0 Å². The predicted molar refractivity (Wildman–Crippen MR) is 128 cm³/mol. The maximum absolute atomic E-state index is 13.1. The van der Waals surface area contributed by atoms with Crippen LogP contribution in [0.4, 0.5) is 0 Å². The molecule has 0 radical (unpaired) electrons. The van der Waals surface area contributed by atoms with Gasteiger partial charge in [0.05, 0.1) is 0 Å². The molecule has 0 heterocycles. The van der Waals surface area contributed by atoms with Gasteiger partial charge in [0.15, 0.2) is 0 Å². The van der Waals surface area contributed by atoms with E-state index in [0.29, 0.717) is 24.4 Å². The Bertz CT molecular complexity index is 669. The molecular weight excluding hydrogens is 394 g/mol. The third-order valence-corrected chi connectivity index (χ3v) is 5.02. The Morgan fingerprint density at radius 2 is 1.23 bits per heavy atom. The molecule has 30 heavy (non-hydrogen) atoms. The van der Waals surface area contributed by atoms with Crippen LogP contribution < -0.4 is 5.32 Å². The summed E-state index contributed by atoms with van der Waals surface area (Å²) in [7, 11) is 0. The van der Waals surface area contributed by atoms with Crippen molar-refractivity contribution >= 4 is 18.4 Å². The second-order valence-corrected chi connectivity index (χ2v) is 8.87. The van der Waals surface area contributed by atoms with Crippen molar-refractivity contribution in [1.82, 2.24) is 5.32 Å². The van der Waals surface area contributed by atoms with Crippen molar-refractivity contribution in [2.75, 3.05) is 6.54 Å². The minimum Gasteiger partial charge on any atom is -0.461 e. The smallest absolute Gasteiger partial charge is 0.318 e. The van der Waals surface area contributed by atoms with Crippen LogP contribution in [-0.2, 0) is 9.53 Å². The molecule has 0 saturated carbocycles. The fraction of sp³-hybridized carbons (Fsp3) is 0.500. The summed E-state index contributed by atoms with van der Waals surface area (Å²) >= 11 is 0. The first-order chi connectivity index (χ1) is 13.9. The molecular formula is C26H38ClNO2. The maximum Gasteiger partial charge on any atom is 0.318 e. The summed E-state index contributed by atoms with van der Waals surface area (Å²) < 4.78 is 5.88. The molecule has 0 aliphatic carbocycles. The molecule has 166 valence electrons. The van der Waals surface area contributed by atoms with Gasteiger partial charge in [-0.2, -0.15) is 0 Å². The van der Waals surface area contributed by atoms with E-state index in [4.69, 9.17) is 4.74 Å².